The number of aliphatic carboxylic acids is 1. The smallest absolute Gasteiger partial charge is 0.307 e. The van der Waals surface area contributed by atoms with Gasteiger partial charge in [-0.1, -0.05) is 41.4 Å². The highest BCUT2D eigenvalue weighted by molar-refractivity contribution is 6.35. The third kappa shape index (κ3) is 3.60. The van der Waals surface area contributed by atoms with Gasteiger partial charge in [-0.2, -0.15) is 0 Å². The Hall–Kier alpha value is -2.50. The van der Waals surface area contributed by atoms with Crippen LogP contribution >= 0.6 is 23.2 Å². The van der Waals surface area contributed by atoms with Crippen molar-refractivity contribution in [3.8, 4) is 11.5 Å². The van der Waals surface area contributed by atoms with Gasteiger partial charge in [-0.05, 0) is 48.6 Å². The molecule has 2 N–H and O–H groups in total. The minimum absolute atomic E-state index is 0.0293. The Morgan fingerprint density at radius 1 is 1.04 bits per heavy atom. The van der Waals surface area contributed by atoms with Crippen LogP contribution in [0.4, 0.5) is 5.69 Å². The summed E-state index contributed by atoms with van der Waals surface area (Å²) in [6, 6.07) is 11.8. The van der Waals surface area contributed by atoms with Gasteiger partial charge >= 0.3 is 5.97 Å². The zero-order valence-electron chi connectivity index (χ0n) is 14.6. The summed E-state index contributed by atoms with van der Waals surface area (Å²) in [6.45, 7) is 0. The van der Waals surface area contributed by atoms with Gasteiger partial charge in [-0.15, -0.1) is 0 Å². The van der Waals surface area contributed by atoms with Crippen molar-refractivity contribution >= 4 is 40.8 Å². The zero-order chi connectivity index (χ0) is 19.8. The topological polar surface area (TPSA) is 75.6 Å². The van der Waals surface area contributed by atoms with Crippen molar-refractivity contribution in [3.05, 3.63) is 64.7 Å². The average Bonchev–Trinajstić information content (AvgIpc) is 3.26. The molecule has 5 nitrogen and oxygen atoms in total. The molecule has 0 aromatic heterocycles. The number of nitrogens with one attached hydrogen (secondary N) is 1. The van der Waals surface area contributed by atoms with E-state index in [-0.39, 0.29) is 17.7 Å². The van der Waals surface area contributed by atoms with Crippen molar-refractivity contribution in [3.63, 3.8) is 0 Å². The molecule has 144 valence electrons. The first-order chi connectivity index (χ1) is 13.4. The fraction of sp³-hybridized carbons (Fsp3) is 0.238. The highest BCUT2D eigenvalue weighted by Crippen LogP contribution is 2.48. The maximum Gasteiger partial charge on any atom is 0.307 e. The lowest BCUT2D eigenvalue weighted by atomic mass is 9.82. The van der Waals surface area contributed by atoms with E-state index in [0.717, 1.165) is 0 Å². The molecule has 0 heterocycles. The number of rotatable bonds is 5. The van der Waals surface area contributed by atoms with Crippen LogP contribution < -0.4 is 10.1 Å². The van der Waals surface area contributed by atoms with Crippen LogP contribution in [0.3, 0.4) is 0 Å². The predicted octanol–water partition coefficient (Wildman–Crippen LogP) is 5.25. The number of amides is 1. The third-order valence-electron chi connectivity index (χ3n) is 5.27. The number of anilines is 1. The third-order valence-corrected chi connectivity index (χ3v) is 5.80. The van der Waals surface area contributed by atoms with Crippen molar-refractivity contribution in [1.82, 2.24) is 0 Å². The number of carboxylic acid groups (broad SMARTS) is 1. The van der Waals surface area contributed by atoms with Crippen molar-refractivity contribution in [2.75, 3.05) is 5.32 Å². The second-order valence-electron chi connectivity index (χ2n) is 7.03. The van der Waals surface area contributed by atoms with Gasteiger partial charge in [0.05, 0.1) is 16.9 Å². The van der Waals surface area contributed by atoms with E-state index in [0.29, 0.717) is 33.7 Å². The minimum Gasteiger partial charge on any atom is -0.481 e. The van der Waals surface area contributed by atoms with Gasteiger partial charge in [0.2, 0.25) is 5.91 Å². The molecular weight excluding hydrogens is 401 g/mol. The second-order valence-corrected chi connectivity index (χ2v) is 7.88. The molecule has 2 aromatic carbocycles. The number of hydrogen-bond donors (Lipinski definition) is 2. The van der Waals surface area contributed by atoms with Gasteiger partial charge in [0.25, 0.3) is 0 Å². The molecule has 2 aromatic rings. The molecule has 0 spiro atoms. The van der Waals surface area contributed by atoms with E-state index < -0.39 is 17.8 Å². The highest BCUT2D eigenvalue weighted by Gasteiger charge is 2.51. The number of fused-ring (bicyclic) bond motifs is 2. The summed E-state index contributed by atoms with van der Waals surface area (Å²) in [7, 11) is 0. The molecule has 2 aliphatic carbocycles. The average molecular weight is 418 g/mol. The molecule has 2 bridgehead atoms. The molecule has 1 amide bonds. The molecule has 0 saturated heterocycles. The lowest BCUT2D eigenvalue weighted by Gasteiger charge is -2.24. The summed E-state index contributed by atoms with van der Waals surface area (Å²) >= 11 is 12.0. The normalized spacial score (nSPS) is 24.9. The Balaban J connectivity index is 1.50. The first-order valence-electron chi connectivity index (χ1n) is 8.87. The van der Waals surface area contributed by atoms with E-state index in [1.807, 2.05) is 12.2 Å². The fourth-order valence-electron chi connectivity index (χ4n) is 4.06. The summed E-state index contributed by atoms with van der Waals surface area (Å²) < 4.78 is 5.77. The van der Waals surface area contributed by atoms with Crippen molar-refractivity contribution in [1.29, 1.82) is 0 Å². The number of carbonyl (C=O) groups excluding carboxylic acids is 1. The van der Waals surface area contributed by atoms with Crippen molar-refractivity contribution < 1.29 is 19.4 Å². The number of carboxylic acids is 1. The van der Waals surface area contributed by atoms with Crippen LogP contribution in [-0.4, -0.2) is 17.0 Å². The van der Waals surface area contributed by atoms with Gasteiger partial charge in [-0.25, -0.2) is 0 Å². The molecule has 0 unspecified atom stereocenters. The Labute approximate surface area is 171 Å². The lowest BCUT2D eigenvalue weighted by molar-refractivity contribution is -0.146. The van der Waals surface area contributed by atoms with Gasteiger partial charge < -0.3 is 15.2 Å². The van der Waals surface area contributed by atoms with E-state index in [1.54, 1.807) is 42.5 Å². The Morgan fingerprint density at radius 2 is 1.79 bits per heavy atom. The summed E-state index contributed by atoms with van der Waals surface area (Å²) in [6.07, 6.45) is 4.58. The first kappa shape index (κ1) is 18.8. The number of carbonyl (C=O) groups is 2. The van der Waals surface area contributed by atoms with Crippen LogP contribution in [-0.2, 0) is 9.59 Å². The number of benzene rings is 2. The van der Waals surface area contributed by atoms with Gasteiger partial charge in [0, 0.05) is 16.8 Å². The molecule has 4 rings (SSSR count). The first-order valence-corrected chi connectivity index (χ1v) is 9.63. The summed E-state index contributed by atoms with van der Waals surface area (Å²) in [4.78, 5) is 24.4. The number of ether oxygens (including phenoxy) is 1. The molecule has 1 saturated carbocycles. The van der Waals surface area contributed by atoms with E-state index in [1.165, 1.54) is 0 Å². The van der Waals surface area contributed by atoms with Crippen LogP contribution in [0.25, 0.3) is 0 Å². The van der Waals surface area contributed by atoms with Gasteiger partial charge in [0.1, 0.15) is 11.5 Å². The lowest BCUT2D eigenvalue weighted by Crippen LogP contribution is -2.36. The molecule has 28 heavy (non-hydrogen) atoms. The van der Waals surface area contributed by atoms with Gasteiger partial charge in [0.15, 0.2) is 0 Å². The molecule has 4 atom stereocenters. The standard InChI is InChI=1S/C21H17Cl2NO4/c22-13-6-7-17(16(23)9-13)28-15-3-1-2-14(10-15)24-20(25)18-11-4-5-12(8-11)19(18)21(26)27/h1-7,9-12,18-19H,8H2,(H,24,25)(H,26,27)/t11-,12+,18-,19+/m1/s1. The maximum absolute atomic E-state index is 12.8. The van der Waals surface area contributed by atoms with Crippen LogP contribution in [0.2, 0.25) is 10.0 Å². The van der Waals surface area contributed by atoms with E-state index >= 15 is 0 Å². The predicted molar refractivity (Wildman–Crippen MR) is 107 cm³/mol. The van der Waals surface area contributed by atoms with Crippen LogP contribution in [0.1, 0.15) is 6.42 Å². The molecule has 7 heteroatoms. The van der Waals surface area contributed by atoms with E-state index in [2.05, 4.69) is 5.32 Å². The van der Waals surface area contributed by atoms with Crippen LogP contribution in [0.5, 0.6) is 11.5 Å². The monoisotopic (exact) mass is 417 g/mol. The summed E-state index contributed by atoms with van der Waals surface area (Å²) in [5, 5.41) is 13.2. The fourth-order valence-corrected chi connectivity index (χ4v) is 4.51. The minimum atomic E-state index is -0.925. The Bertz CT molecular complexity index is 975. The van der Waals surface area contributed by atoms with Crippen LogP contribution in [0.15, 0.2) is 54.6 Å². The largest absolute Gasteiger partial charge is 0.481 e. The van der Waals surface area contributed by atoms with Crippen molar-refractivity contribution in [2.24, 2.45) is 23.7 Å². The number of halogens is 2. The zero-order valence-corrected chi connectivity index (χ0v) is 16.2. The number of hydrogen-bond acceptors (Lipinski definition) is 3. The SMILES string of the molecule is O=C(O)[C@@H]1[C@H](C(=O)Nc2cccc(Oc3ccc(Cl)cc3Cl)c2)[C@@H]2C=C[C@H]1C2. The summed E-state index contributed by atoms with van der Waals surface area (Å²) in [5.41, 5.74) is 0.531. The molecular formula is C21H17Cl2NO4. The van der Waals surface area contributed by atoms with E-state index in [9.17, 15) is 14.7 Å². The number of allylic oxidation sites excluding steroid dienone is 2. The van der Waals surface area contributed by atoms with Crippen LogP contribution in [0, 0.1) is 23.7 Å². The maximum atomic E-state index is 12.8. The van der Waals surface area contributed by atoms with Crippen molar-refractivity contribution in [2.45, 2.75) is 6.42 Å². The van der Waals surface area contributed by atoms with E-state index in [4.69, 9.17) is 27.9 Å². The molecule has 1 fully saturated rings. The summed E-state index contributed by atoms with van der Waals surface area (Å²) in [5.74, 6) is -1.62. The Morgan fingerprint density at radius 3 is 2.50 bits per heavy atom. The van der Waals surface area contributed by atoms with Gasteiger partial charge in [-0.3, -0.25) is 9.59 Å². The quantitative estimate of drug-likeness (QED) is 0.651. The molecule has 0 radical (unpaired) electrons. The highest BCUT2D eigenvalue weighted by atomic mass is 35.5. The molecule has 0 aliphatic heterocycles. The molecule has 2 aliphatic rings. The second kappa shape index (κ2) is 7.49. The Kier molecular flexibility index (Phi) is 5.04.